The summed E-state index contributed by atoms with van der Waals surface area (Å²) in [6.07, 6.45) is 2.26. The average molecular weight is 298 g/mol. The van der Waals surface area contributed by atoms with Gasteiger partial charge in [0, 0.05) is 23.0 Å². The van der Waals surface area contributed by atoms with Crippen LogP contribution in [0.3, 0.4) is 0 Å². The number of ether oxygens (including phenoxy) is 1. The van der Waals surface area contributed by atoms with Gasteiger partial charge in [-0.3, -0.25) is 0 Å². The molecule has 0 radical (unpaired) electrons. The zero-order valence-corrected chi connectivity index (χ0v) is 11.9. The molecule has 1 aromatic carbocycles. The first-order valence-electron chi connectivity index (χ1n) is 6.27. The molecular formula is C14H20BrNO. The standard InChI is InChI=1S/C14H20BrNO/c1-2-16-10-14(6-7-17-11-14)9-12-4-3-5-13(15)8-12/h3-5,8,16H,2,6-7,9-11H2,1H3. The molecule has 1 aliphatic rings. The lowest BCUT2D eigenvalue weighted by Gasteiger charge is -2.27. The maximum Gasteiger partial charge on any atom is 0.0538 e. The van der Waals surface area contributed by atoms with Crippen LogP contribution in [0.1, 0.15) is 18.9 Å². The highest BCUT2D eigenvalue weighted by Gasteiger charge is 2.34. The van der Waals surface area contributed by atoms with Crippen LogP contribution in [-0.2, 0) is 11.2 Å². The van der Waals surface area contributed by atoms with Crippen LogP contribution in [0.25, 0.3) is 0 Å². The summed E-state index contributed by atoms with van der Waals surface area (Å²) in [4.78, 5) is 0. The summed E-state index contributed by atoms with van der Waals surface area (Å²) in [6.45, 7) is 6.02. The highest BCUT2D eigenvalue weighted by molar-refractivity contribution is 9.10. The fraction of sp³-hybridized carbons (Fsp3) is 0.571. The Balaban J connectivity index is 2.07. The molecule has 1 N–H and O–H groups in total. The Hall–Kier alpha value is -0.380. The van der Waals surface area contributed by atoms with Crippen molar-refractivity contribution in [3.05, 3.63) is 34.3 Å². The minimum atomic E-state index is 0.288. The minimum Gasteiger partial charge on any atom is -0.381 e. The lowest BCUT2D eigenvalue weighted by molar-refractivity contribution is 0.149. The molecule has 0 aliphatic carbocycles. The van der Waals surface area contributed by atoms with Gasteiger partial charge in [-0.1, -0.05) is 35.0 Å². The Bertz CT molecular complexity index is 361. The molecule has 1 heterocycles. The summed E-state index contributed by atoms with van der Waals surface area (Å²) in [5.74, 6) is 0. The normalized spacial score (nSPS) is 24.1. The van der Waals surface area contributed by atoms with Crippen LogP contribution < -0.4 is 5.32 Å². The van der Waals surface area contributed by atoms with E-state index in [1.165, 1.54) is 5.56 Å². The maximum atomic E-state index is 5.61. The Labute approximate surface area is 112 Å². The van der Waals surface area contributed by atoms with Crippen LogP contribution in [0, 0.1) is 5.41 Å². The largest absolute Gasteiger partial charge is 0.381 e. The summed E-state index contributed by atoms with van der Waals surface area (Å²) >= 11 is 3.53. The molecule has 1 unspecified atom stereocenters. The molecule has 1 atom stereocenters. The van der Waals surface area contributed by atoms with E-state index in [2.05, 4.69) is 52.4 Å². The number of hydrogen-bond donors (Lipinski definition) is 1. The molecular weight excluding hydrogens is 278 g/mol. The summed E-state index contributed by atoms with van der Waals surface area (Å²) in [5, 5.41) is 3.47. The van der Waals surface area contributed by atoms with Crippen molar-refractivity contribution in [3.8, 4) is 0 Å². The van der Waals surface area contributed by atoms with Crippen molar-refractivity contribution in [2.45, 2.75) is 19.8 Å². The molecule has 1 aromatic rings. The molecule has 0 amide bonds. The average Bonchev–Trinajstić information content (AvgIpc) is 2.75. The maximum absolute atomic E-state index is 5.61. The van der Waals surface area contributed by atoms with Crippen LogP contribution >= 0.6 is 15.9 Å². The molecule has 17 heavy (non-hydrogen) atoms. The van der Waals surface area contributed by atoms with Gasteiger partial charge in [-0.05, 0) is 37.1 Å². The zero-order valence-electron chi connectivity index (χ0n) is 10.3. The molecule has 0 saturated carbocycles. The zero-order chi connectivity index (χ0) is 12.1. The fourth-order valence-corrected chi connectivity index (χ4v) is 2.91. The van der Waals surface area contributed by atoms with Crippen LogP contribution in [0.2, 0.25) is 0 Å². The van der Waals surface area contributed by atoms with E-state index < -0.39 is 0 Å². The highest BCUT2D eigenvalue weighted by Crippen LogP contribution is 2.32. The van der Waals surface area contributed by atoms with Crippen molar-refractivity contribution in [1.29, 1.82) is 0 Å². The van der Waals surface area contributed by atoms with Gasteiger partial charge in [-0.2, -0.15) is 0 Å². The van der Waals surface area contributed by atoms with Gasteiger partial charge < -0.3 is 10.1 Å². The van der Waals surface area contributed by atoms with Crippen molar-refractivity contribution in [2.75, 3.05) is 26.3 Å². The van der Waals surface area contributed by atoms with Crippen molar-refractivity contribution in [2.24, 2.45) is 5.41 Å². The molecule has 0 bridgehead atoms. The van der Waals surface area contributed by atoms with Crippen molar-refractivity contribution >= 4 is 15.9 Å². The van der Waals surface area contributed by atoms with Crippen molar-refractivity contribution < 1.29 is 4.74 Å². The van der Waals surface area contributed by atoms with Gasteiger partial charge in [0.05, 0.1) is 6.61 Å². The molecule has 1 aliphatic heterocycles. The van der Waals surface area contributed by atoms with Crippen LogP contribution in [-0.4, -0.2) is 26.3 Å². The minimum absolute atomic E-state index is 0.288. The lowest BCUT2D eigenvalue weighted by atomic mass is 9.81. The highest BCUT2D eigenvalue weighted by atomic mass is 79.9. The number of halogens is 1. The molecule has 2 rings (SSSR count). The van der Waals surface area contributed by atoms with E-state index in [0.29, 0.717) is 0 Å². The third-order valence-electron chi connectivity index (χ3n) is 3.40. The predicted octanol–water partition coefficient (Wildman–Crippen LogP) is 3.01. The van der Waals surface area contributed by atoms with E-state index in [1.54, 1.807) is 0 Å². The third-order valence-corrected chi connectivity index (χ3v) is 3.90. The molecule has 0 aromatic heterocycles. The van der Waals surface area contributed by atoms with Gasteiger partial charge in [-0.25, -0.2) is 0 Å². The first-order valence-corrected chi connectivity index (χ1v) is 7.06. The van der Waals surface area contributed by atoms with Gasteiger partial charge in [0.25, 0.3) is 0 Å². The molecule has 2 nitrogen and oxygen atoms in total. The van der Waals surface area contributed by atoms with Crippen LogP contribution in [0.4, 0.5) is 0 Å². The summed E-state index contributed by atoms with van der Waals surface area (Å²) < 4.78 is 6.77. The second-order valence-electron chi connectivity index (χ2n) is 4.89. The Morgan fingerprint density at radius 1 is 1.47 bits per heavy atom. The number of nitrogens with one attached hydrogen (secondary N) is 1. The first kappa shape index (κ1) is 13.1. The van der Waals surface area contributed by atoms with E-state index in [1.807, 2.05) is 0 Å². The monoisotopic (exact) mass is 297 g/mol. The summed E-state index contributed by atoms with van der Waals surface area (Å²) in [6, 6.07) is 8.60. The van der Waals surface area contributed by atoms with Gasteiger partial charge in [0.1, 0.15) is 0 Å². The third kappa shape index (κ3) is 3.54. The SMILES string of the molecule is CCNCC1(Cc2cccc(Br)c2)CCOC1. The second-order valence-corrected chi connectivity index (χ2v) is 5.81. The quantitative estimate of drug-likeness (QED) is 0.902. The van der Waals surface area contributed by atoms with E-state index in [4.69, 9.17) is 4.74 Å². The van der Waals surface area contributed by atoms with Crippen LogP contribution in [0.15, 0.2) is 28.7 Å². The Morgan fingerprint density at radius 2 is 2.35 bits per heavy atom. The first-order chi connectivity index (χ1) is 8.24. The number of rotatable bonds is 5. The fourth-order valence-electron chi connectivity index (χ4n) is 2.46. The summed E-state index contributed by atoms with van der Waals surface area (Å²) in [5.41, 5.74) is 1.68. The molecule has 1 fully saturated rings. The van der Waals surface area contributed by atoms with E-state index >= 15 is 0 Å². The van der Waals surface area contributed by atoms with Gasteiger partial charge in [0.2, 0.25) is 0 Å². The topological polar surface area (TPSA) is 21.3 Å². The molecule has 94 valence electrons. The molecule has 1 saturated heterocycles. The van der Waals surface area contributed by atoms with Crippen molar-refractivity contribution in [3.63, 3.8) is 0 Å². The smallest absolute Gasteiger partial charge is 0.0538 e. The van der Waals surface area contributed by atoms with Gasteiger partial charge in [-0.15, -0.1) is 0 Å². The van der Waals surface area contributed by atoms with Gasteiger partial charge in [0.15, 0.2) is 0 Å². The molecule has 3 heteroatoms. The van der Waals surface area contributed by atoms with Crippen LogP contribution in [0.5, 0.6) is 0 Å². The lowest BCUT2D eigenvalue weighted by Crippen LogP contribution is -2.36. The van der Waals surface area contributed by atoms with Gasteiger partial charge >= 0.3 is 0 Å². The van der Waals surface area contributed by atoms with E-state index in [9.17, 15) is 0 Å². The van der Waals surface area contributed by atoms with E-state index in [0.717, 1.165) is 43.6 Å². The Kier molecular flexibility index (Phi) is 4.60. The number of benzene rings is 1. The van der Waals surface area contributed by atoms with Crippen molar-refractivity contribution in [1.82, 2.24) is 5.32 Å². The molecule has 0 spiro atoms. The summed E-state index contributed by atoms with van der Waals surface area (Å²) in [7, 11) is 0. The number of hydrogen-bond acceptors (Lipinski definition) is 2. The predicted molar refractivity (Wildman–Crippen MR) is 74.3 cm³/mol. The second kappa shape index (κ2) is 5.98. The Morgan fingerprint density at radius 3 is 3.00 bits per heavy atom. The van der Waals surface area contributed by atoms with E-state index in [-0.39, 0.29) is 5.41 Å².